The first-order chi connectivity index (χ1) is 13.3. The maximum atomic E-state index is 13.3. The molecule has 1 heterocycles. The Labute approximate surface area is 171 Å². The minimum atomic E-state index is -0.194. The first kappa shape index (κ1) is 20.5. The Hall–Kier alpha value is -2.21. The fraction of sp³-hybridized carbons (Fsp3) is 0.500. The monoisotopic (exact) mass is 399 g/mol. The molecule has 0 saturated heterocycles. The largest absolute Gasteiger partial charge is 0.326 e. The number of carbonyl (C=O) groups is 2. The Morgan fingerprint density at radius 2 is 1.82 bits per heavy atom. The topological polar surface area (TPSA) is 62.3 Å². The van der Waals surface area contributed by atoms with E-state index in [1.54, 1.807) is 11.1 Å². The smallest absolute Gasteiger partial charge is 0.254 e. The Bertz CT molecular complexity index is 788. The molecule has 0 atom stereocenters. The third kappa shape index (κ3) is 5.19. The average Bonchev–Trinajstić information content (AvgIpc) is 3.18. The van der Waals surface area contributed by atoms with Crippen LogP contribution in [0, 0.1) is 0 Å². The van der Waals surface area contributed by atoms with Crippen LogP contribution < -0.4 is 5.32 Å². The molecule has 0 radical (unpaired) electrons. The molecule has 1 aromatic carbocycles. The van der Waals surface area contributed by atoms with E-state index in [1.807, 2.05) is 29.6 Å². The van der Waals surface area contributed by atoms with Gasteiger partial charge in [-0.2, -0.15) is 0 Å². The van der Waals surface area contributed by atoms with Gasteiger partial charge in [-0.15, -0.1) is 11.3 Å². The van der Waals surface area contributed by atoms with E-state index in [0.29, 0.717) is 10.7 Å². The van der Waals surface area contributed by atoms with E-state index in [9.17, 15) is 9.59 Å². The summed E-state index contributed by atoms with van der Waals surface area (Å²) in [5.74, 6) is -0.262. The van der Waals surface area contributed by atoms with Crippen molar-refractivity contribution in [2.24, 2.45) is 0 Å². The highest BCUT2D eigenvalue weighted by Gasteiger charge is 2.28. The van der Waals surface area contributed by atoms with Crippen LogP contribution in [-0.2, 0) is 10.2 Å². The molecule has 0 bridgehead atoms. The molecule has 1 N–H and O–H groups in total. The summed E-state index contributed by atoms with van der Waals surface area (Å²) in [5.41, 5.74) is 1.87. The van der Waals surface area contributed by atoms with Crippen LogP contribution in [0.2, 0.25) is 0 Å². The highest BCUT2D eigenvalue weighted by molar-refractivity contribution is 7.13. The number of hydrogen-bond acceptors (Lipinski definition) is 4. The minimum Gasteiger partial charge on any atom is -0.326 e. The van der Waals surface area contributed by atoms with Gasteiger partial charge in [-0.05, 0) is 36.0 Å². The number of hydrogen-bond donors (Lipinski definition) is 1. The molecule has 1 aromatic heterocycles. The lowest BCUT2D eigenvalue weighted by Crippen LogP contribution is -2.45. The molecule has 0 unspecified atom stereocenters. The van der Waals surface area contributed by atoms with E-state index in [-0.39, 0.29) is 29.8 Å². The fourth-order valence-electron chi connectivity index (χ4n) is 3.64. The van der Waals surface area contributed by atoms with E-state index in [1.165, 1.54) is 23.3 Å². The summed E-state index contributed by atoms with van der Waals surface area (Å²) in [6.45, 7) is 6.52. The first-order valence-corrected chi connectivity index (χ1v) is 10.8. The van der Waals surface area contributed by atoms with Gasteiger partial charge in [-0.25, -0.2) is 4.98 Å². The van der Waals surface area contributed by atoms with Gasteiger partial charge in [0.2, 0.25) is 5.91 Å². The van der Waals surface area contributed by atoms with Gasteiger partial charge in [-0.3, -0.25) is 9.59 Å². The first-order valence-electron chi connectivity index (χ1n) is 9.95. The third-order valence-corrected chi connectivity index (χ3v) is 5.96. The molecule has 1 saturated carbocycles. The van der Waals surface area contributed by atoms with Crippen molar-refractivity contribution in [2.75, 3.05) is 11.9 Å². The maximum Gasteiger partial charge on any atom is 0.254 e. The number of benzene rings is 1. The summed E-state index contributed by atoms with van der Waals surface area (Å²) in [4.78, 5) is 31.7. The number of anilines is 1. The van der Waals surface area contributed by atoms with Crippen LogP contribution in [0.25, 0.3) is 0 Å². The Morgan fingerprint density at radius 1 is 1.14 bits per heavy atom. The summed E-state index contributed by atoms with van der Waals surface area (Å²) in [5, 5.41) is 5.18. The molecule has 1 fully saturated rings. The SMILES string of the molecule is CC(C)(C)c1ccc(C(=O)N(CC(=O)Nc2nccs2)C2CCCCC2)cc1. The van der Waals surface area contributed by atoms with Gasteiger partial charge in [0, 0.05) is 23.2 Å². The van der Waals surface area contributed by atoms with Crippen molar-refractivity contribution < 1.29 is 9.59 Å². The minimum absolute atomic E-state index is 0.0399. The van der Waals surface area contributed by atoms with Crippen molar-refractivity contribution >= 4 is 28.3 Å². The molecule has 6 heteroatoms. The number of aromatic nitrogens is 1. The highest BCUT2D eigenvalue weighted by Crippen LogP contribution is 2.26. The molecule has 2 aromatic rings. The lowest BCUT2D eigenvalue weighted by atomic mass is 9.86. The zero-order valence-corrected chi connectivity index (χ0v) is 17.7. The molecule has 150 valence electrons. The van der Waals surface area contributed by atoms with Gasteiger partial charge < -0.3 is 10.2 Å². The number of rotatable bonds is 5. The van der Waals surface area contributed by atoms with Gasteiger partial charge >= 0.3 is 0 Å². The van der Waals surface area contributed by atoms with Gasteiger partial charge in [0.25, 0.3) is 5.91 Å². The van der Waals surface area contributed by atoms with Crippen molar-refractivity contribution in [2.45, 2.75) is 64.3 Å². The summed E-state index contributed by atoms with van der Waals surface area (Å²) in [6.07, 6.45) is 6.97. The van der Waals surface area contributed by atoms with Crippen LogP contribution in [0.1, 0.15) is 68.8 Å². The summed E-state index contributed by atoms with van der Waals surface area (Å²) >= 11 is 1.38. The molecule has 5 nitrogen and oxygen atoms in total. The van der Waals surface area contributed by atoms with E-state index < -0.39 is 0 Å². The third-order valence-electron chi connectivity index (χ3n) is 5.27. The Balaban J connectivity index is 1.77. The number of amides is 2. The second-order valence-electron chi connectivity index (χ2n) is 8.44. The Kier molecular flexibility index (Phi) is 6.50. The number of thiazole rings is 1. The second kappa shape index (κ2) is 8.86. The van der Waals surface area contributed by atoms with Crippen molar-refractivity contribution in [3.63, 3.8) is 0 Å². The molecular formula is C22H29N3O2S. The lowest BCUT2D eigenvalue weighted by Gasteiger charge is -2.34. The van der Waals surface area contributed by atoms with Crippen LogP contribution in [0.3, 0.4) is 0 Å². The van der Waals surface area contributed by atoms with Crippen LogP contribution >= 0.6 is 11.3 Å². The standard InChI is InChI=1S/C22H29N3O2S/c1-22(2,3)17-11-9-16(10-12-17)20(27)25(18-7-5-4-6-8-18)15-19(26)24-21-23-13-14-28-21/h9-14,18H,4-8,15H2,1-3H3,(H,23,24,26). The highest BCUT2D eigenvalue weighted by atomic mass is 32.1. The number of nitrogens with zero attached hydrogens (tertiary/aromatic N) is 2. The average molecular weight is 400 g/mol. The fourth-order valence-corrected chi connectivity index (χ4v) is 4.18. The summed E-state index contributed by atoms with van der Waals surface area (Å²) in [6, 6.07) is 7.92. The summed E-state index contributed by atoms with van der Waals surface area (Å²) < 4.78 is 0. The lowest BCUT2D eigenvalue weighted by molar-refractivity contribution is -0.117. The van der Waals surface area contributed by atoms with Gasteiger partial charge in [0.05, 0.1) is 0 Å². The molecular weight excluding hydrogens is 370 g/mol. The van der Waals surface area contributed by atoms with Crippen molar-refractivity contribution in [3.8, 4) is 0 Å². The zero-order chi connectivity index (χ0) is 20.1. The van der Waals surface area contributed by atoms with Crippen molar-refractivity contribution in [3.05, 3.63) is 47.0 Å². The Morgan fingerprint density at radius 3 is 2.39 bits per heavy atom. The van der Waals surface area contributed by atoms with E-state index in [2.05, 4.69) is 31.1 Å². The predicted molar refractivity (Wildman–Crippen MR) is 114 cm³/mol. The number of nitrogens with one attached hydrogen (secondary N) is 1. The second-order valence-corrected chi connectivity index (χ2v) is 9.33. The van der Waals surface area contributed by atoms with E-state index in [0.717, 1.165) is 25.7 Å². The van der Waals surface area contributed by atoms with Gasteiger partial charge in [-0.1, -0.05) is 52.2 Å². The molecule has 1 aliphatic carbocycles. The molecule has 2 amide bonds. The van der Waals surface area contributed by atoms with Gasteiger partial charge in [0.1, 0.15) is 6.54 Å². The van der Waals surface area contributed by atoms with Crippen molar-refractivity contribution in [1.82, 2.24) is 9.88 Å². The molecule has 0 spiro atoms. The van der Waals surface area contributed by atoms with Crippen LogP contribution in [0.15, 0.2) is 35.8 Å². The molecule has 1 aliphatic rings. The normalized spacial score (nSPS) is 15.2. The zero-order valence-electron chi connectivity index (χ0n) is 16.9. The molecule has 28 heavy (non-hydrogen) atoms. The van der Waals surface area contributed by atoms with Crippen LogP contribution in [0.5, 0.6) is 0 Å². The van der Waals surface area contributed by atoms with E-state index >= 15 is 0 Å². The van der Waals surface area contributed by atoms with Crippen LogP contribution in [-0.4, -0.2) is 34.3 Å². The van der Waals surface area contributed by atoms with Crippen molar-refractivity contribution in [1.29, 1.82) is 0 Å². The predicted octanol–water partition coefficient (Wildman–Crippen LogP) is 4.85. The number of carbonyl (C=O) groups excluding carboxylic acids is 2. The molecule has 0 aliphatic heterocycles. The maximum absolute atomic E-state index is 13.3. The van der Waals surface area contributed by atoms with Crippen LogP contribution in [0.4, 0.5) is 5.13 Å². The van der Waals surface area contributed by atoms with E-state index in [4.69, 9.17) is 0 Å². The molecule has 3 rings (SSSR count). The summed E-state index contributed by atoms with van der Waals surface area (Å²) in [7, 11) is 0. The quantitative estimate of drug-likeness (QED) is 0.781. The van der Waals surface area contributed by atoms with Gasteiger partial charge in [0.15, 0.2) is 5.13 Å².